The van der Waals surface area contributed by atoms with Gasteiger partial charge in [-0.3, -0.25) is 42.8 Å². The highest BCUT2D eigenvalue weighted by Gasteiger charge is 2.54. The molecule has 8 aromatic carbocycles. The van der Waals surface area contributed by atoms with Gasteiger partial charge < -0.3 is 91.3 Å². The second-order valence-electron chi connectivity index (χ2n) is 34.2. The first kappa shape index (κ1) is 97.3. The summed E-state index contributed by atoms with van der Waals surface area (Å²) in [5.74, 6) is 1.88. The van der Waals surface area contributed by atoms with Gasteiger partial charge >= 0.3 is 11.9 Å². The molecule has 4 aromatic heterocycles. The number of ketones is 1. The molecule has 35 nitrogen and oxygen atoms in total. The first-order valence-electron chi connectivity index (χ1n) is 45.3. The fourth-order valence-electron chi connectivity index (χ4n) is 18.1. The number of Topliss-reactive ketones (excluding diaryl/α,β-unsaturated/α-hetero) is 1. The number of aromatic carboxylic acids is 2. The predicted molar refractivity (Wildman–Crippen MR) is 537 cm³/mol. The van der Waals surface area contributed by atoms with Crippen LogP contribution in [-0.2, 0) is 72.5 Å². The first-order chi connectivity index (χ1) is 70.1. The van der Waals surface area contributed by atoms with E-state index in [1.165, 1.54) is 137 Å². The molecule has 0 bridgehead atoms. The van der Waals surface area contributed by atoms with Crippen molar-refractivity contribution in [2.24, 2.45) is 0 Å². The third kappa shape index (κ3) is 17.8. The number of carbonyl (C=O) groups excluding carboxylic acids is 6. The summed E-state index contributed by atoms with van der Waals surface area (Å²) in [7, 11) is -10.1. The Morgan fingerprint density at radius 2 is 0.781 bits per heavy atom. The van der Waals surface area contributed by atoms with Crippen LogP contribution in [0.4, 0.5) is 11.4 Å². The molecule has 146 heavy (non-hydrogen) atoms. The average molecular weight is 2130 g/mol. The van der Waals surface area contributed by atoms with E-state index in [1.807, 2.05) is 32.0 Å². The van der Waals surface area contributed by atoms with Crippen LogP contribution in [0.15, 0.2) is 178 Å². The largest absolute Gasteiger partial charge is 0.485 e. The van der Waals surface area contributed by atoms with Gasteiger partial charge in [0.25, 0.3) is 49.8 Å². The van der Waals surface area contributed by atoms with E-state index in [4.69, 9.17) is 75.8 Å². The normalized spacial score (nSPS) is 19.0. The van der Waals surface area contributed by atoms with E-state index in [9.17, 15) is 74.5 Å². The van der Waals surface area contributed by atoms with Gasteiger partial charge in [-0.2, -0.15) is 16.8 Å². The number of ether oxygens (including phenoxy) is 16. The molecule has 748 valence electrons. The number of rotatable bonds is 21. The Balaban J connectivity index is 0.000000172. The van der Waals surface area contributed by atoms with E-state index in [2.05, 4.69) is 32.3 Å². The molecule has 0 saturated heterocycles. The number of benzene rings is 8. The second kappa shape index (κ2) is 38.6. The highest BCUT2D eigenvalue weighted by Crippen LogP contribution is 2.52. The van der Waals surface area contributed by atoms with Crippen molar-refractivity contribution in [1.29, 1.82) is 0 Å². The number of hydrogen-bond acceptors (Lipinski definition) is 32. The number of aryl methyl sites for hydroxylation is 2. The van der Waals surface area contributed by atoms with Gasteiger partial charge in [0.15, 0.2) is 73.8 Å². The molecule has 0 spiro atoms. The third-order valence-electron chi connectivity index (χ3n) is 24.8. The predicted octanol–water partition coefficient (Wildman–Crippen LogP) is 14.8. The van der Waals surface area contributed by atoms with Gasteiger partial charge in [-0.05, 0) is 161 Å². The summed E-state index contributed by atoms with van der Waals surface area (Å²) in [5.41, 5.74) is 2.09. The van der Waals surface area contributed by atoms with Crippen molar-refractivity contribution in [2.75, 3.05) is 96.5 Å². The van der Waals surface area contributed by atoms with Crippen molar-refractivity contribution >= 4 is 169 Å². The molecular weight excluding hydrogens is 2050 g/mol. The number of carboxylic acids is 2. The summed E-state index contributed by atoms with van der Waals surface area (Å²) in [5, 5.41) is 21.8. The maximum absolute atomic E-state index is 14.0. The Labute approximate surface area is 850 Å². The molecule has 4 unspecified atom stereocenters. The molecule has 22 rings (SSSR count). The SMILES string of the molecule is C=c1s/c(=c2/s/c(=C3\C4=C(OCCO4)C(C)[S+]3Cc3cc(C)ccc3Oc3ccc(N4C(=O)c5ccc(Oc6ccc7c(c6)C(=O)N(C)C7=O)cc5C4=O)cc3S(=O)(=O)O)c3c2OCCO3)c2c1OCCO2.C=c1s/c(=c2/s/c(=C3\C4=C(OCCO4)C(C)[S+]3Cc3cc(C)ccc3Oc3ccc(NC(=O)c4cc(Oc5ccc(C(=O)O)c(C(=O)CC)c5)ccc4C(=O)O)cc3S(=O)(=O)O)c3c2OCCO3)c2c1OCCO2. The quantitative estimate of drug-likeness (QED) is 0.0193. The lowest BCUT2D eigenvalue weighted by Crippen LogP contribution is -2.29. The topological polar surface area (TPSA) is 452 Å². The first-order valence-corrected chi connectivity index (χ1v) is 54.4. The van der Waals surface area contributed by atoms with E-state index in [1.54, 1.807) is 25.1 Å². The van der Waals surface area contributed by atoms with Crippen LogP contribution in [0.5, 0.6) is 92.0 Å². The Kier molecular flexibility index (Phi) is 25.7. The summed E-state index contributed by atoms with van der Waals surface area (Å²) in [6, 6.07) is 34.0. The Hall–Kier alpha value is -14.8. The number of carbonyl (C=O) groups is 8. The van der Waals surface area contributed by atoms with Crippen molar-refractivity contribution in [3.8, 4) is 92.0 Å². The standard InChI is InChI=1S/C52H43NO17S4.C51H38N2O15S4/c1-5-36(54)34-22-30(8-10-32(34)51(56)57)69-31-9-11-33(52(58)59)35(23-31)50(55)53-29-7-13-38(39(21-29)74(60,61)62)70-37-12-6-25(2)20-28(37)24-73-27(4)41-45(68-19-15-64-41)49(73)48-44-43(66-17-18-67-44)47(72-48)46-42-40(26(3)71-46)63-14-16-65-42;1-24-5-11-35(27(19-24)23-71-26(3)39-43(66-18-14-62-39)47(71)46-42-41(64-16-17-65-42)45(70-46)44-40-38(25(2)69-44)61-13-15-63-40)68-36-12-6-28(20-37(36)72(58,59)60)53-50(56)32-10-8-30(22-34(32)51(53)57)67-29-7-9-31-33(21-29)49(55)52(4)48(31)54/h6-13,20-23,27H,3,5,14-19,24H2,1-2,4H3,(H3-,53,55,56,57,58,59,60,61,62);5-12,19-22,26H,2,13-18,23H2,1,3-4H3/p+2/b47-46+,49-48+;45-44+,47-46+. The summed E-state index contributed by atoms with van der Waals surface area (Å²) in [6.45, 7) is 22.3. The molecule has 0 fully saturated rings. The lowest BCUT2D eigenvalue weighted by molar-refractivity contribution is 0.0680. The Morgan fingerprint density at radius 3 is 1.25 bits per heavy atom. The lowest BCUT2D eigenvalue weighted by atomic mass is 10.0. The van der Waals surface area contributed by atoms with Crippen LogP contribution < -0.4 is 85.2 Å². The van der Waals surface area contributed by atoms with Crippen molar-refractivity contribution in [2.45, 2.75) is 72.8 Å². The van der Waals surface area contributed by atoms with Crippen LogP contribution in [0.2, 0.25) is 0 Å². The van der Waals surface area contributed by atoms with Gasteiger partial charge in [-0.15, -0.1) is 45.3 Å². The number of anilines is 2. The average Bonchev–Trinajstić information content (AvgIpc) is 1.58. The summed E-state index contributed by atoms with van der Waals surface area (Å²) in [6.07, 6.45) is 0.0166. The molecule has 43 heteroatoms. The Morgan fingerprint density at radius 1 is 0.411 bits per heavy atom. The molecule has 4 atom stereocenters. The van der Waals surface area contributed by atoms with Gasteiger partial charge in [-0.25, -0.2) is 14.5 Å². The van der Waals surface area contributed by atoms with Gasteiger partial charge in [0.05, 0.1) is 71.8 Å². The van der Waals surface area contributed by atoms with Crippen molar-refractivity contribution in [3.05, 3.63) is 272 Å². The van der Waals surface area contributed by atoms with Crippen molar-refractivity contribution < 1.29 is 150 Å². The minimum Gasteiger partial charge on any atom is -0.485 e. The monoisotopic (exact) mass is 2130 g/mol. The van der Waals surface area contributed by atoms with Gasteiger partial charge in [-0.1, -0.05) is 43.3 Å². The molecule has 10 aliphatic rings. The summed E-state index contributed by atoms with van der Waals surface area (Å²) >= 11 is 5.90. The third-order valence-corrected chi connectivity index (χ3v) is 36.7. The maximum Gasteiger partial charge on any atom is 0.336 e. The van der Waals surface area contributed by atoms with Crippen molar-refractivity contribution in [3.63, 3.8) is 0 Å². The second-order valence-corrected chi connectivity index (χ2v) is 45.7. The zero-order chi connectivity index (χ0) is 102. The van der Waals surface area contributed by atoms with Crippen molar-refractivity contribution in [1.82, 2.24) is 4.90 Å². The number of fused-ring (bicyclic) bond motifs is 6. The van der Waals surface area contributed by atoms with Gasteiger partial charge in [0.1, 0.15) is 156 Å². The number of amides is 5. The maximum atomic E-state index is 14.0. The number of nitrogens with zero attached hydrogens (tertiary/aromatic N) is 2. The molecule has 5 N–H and O–H groups in total. The van der Waals surface area contributed by atoms with Crippen LogP contribution in [0, 0.1) is 32.0 Å². The van der Waals surface area contributed by atoms with Crippen LogP contribution in [0.25, 0.3) is 23.0 Å². The minimum atomic E-state index is -5.04. The van der Waals surface area contributed by atoms with Crippen LogP contribution in [-0.4, -0.2) is 185 Å². The molecule has 0 saturated carbocycles. The van der Waals surface area contributed by atoms with E-state index in [0.29, 0.717) is 177 Å². The molecule has 0 aliphatic carbocycles. The number of carboxylic acid groups (broad SMARTS) is 2. The fraction of sp³-hybridized carbons (Fsp3) is 0.223. The number of hydrogen-bond donors (Lipinski definition) is 5. The molecule has 5 amide bonds. The Bertz CT molecular complexity index is 8520. The zero-order valence-electron chi connectivity index (χ0n) is 77.9. The van der Waals surface area contributed by atoms with E-state index in [-0.39, 0.29) is 102 Å². The minimum absolute atomic E-state index is 0.0166. The van der Waals surface area contributed by atoms with E-state index < -0.39 is 110 Å². The molecular formula is C103H83N3O32S8+2. The number of imide groups is 2. The molecule has 0 radical (unpaired) electrons. The van der Waals surface area contributed by atoms with Crippen LogP contribution in [0.1, 0.15) is 132 Å². The molecule has 12 aromatic rings. The van der Waals surface area contributed by atoms with E-state index >= 15 is 0 Å². The summed E-state index contributed by atoms with van der Waals surface area (Å²) in [4.78, 5) is 105. The molecule has 10 aliphatic heterocycles. The number of nitrogens with one attached hydrogen (secondary N) is 1. The van der Waals surface area contributed by atoms with Crippen LogP contribution in [0.3, 0.4) is 0 Å². The summed E-state index contributed by atoms with van der Waals surface area (Å²) < 4.78 is 180. The van der Waals surface area contributed by atoms with Gasteiger partial charge in [0, 0.05) is 57.6 Å². The lowest BCUT2D eigenvalue weighted by Gasteiger charge is -2.18. The van der Waals surface area contributed by atoms with Gasteiger partial charge in [0.2, 0.25) is 21.3 Å². The van der Waals surface area contributed by atoms with Crippen LogP contribution >= 0.6 is 45.3 Å². The number of thiophene rings is 4. The molecule has 14 heterocycles. The smallest absolute Gasteiger partial charge is 0.336 e. The van der Waals surface area contributed by atoms with E-state index in [0.717, 1.165) is 91.3 Å². The zero-order valence-corrected chi connectivity index (χ0v) is 84.4. The highest BCUT2D eigenvalue weighted by molar-refractivity contribution is 8.06. The fourth-order valence-corrected chi connectivity index (χ4v) is 29.7. The highest BCUT2D eigenvalue weighted by atomic mass is 32.2.